The third kappa shape index (κ3) is 6.15. The molecule has 0 aliphatic heterocycles. The molecule has 3 rings (SSSR count). The Balaban J connectivity index is 1.67. The zero-order valence-corrected chi connectivity index (χ0v) is 19.1. The van der Waals surface area contributed by atoms with Gasteiger partial charge in [0.05, 0.1) is 19.9 Å². The number of benzene rings is 3. The molecule has 0 saturated carbocycles. The van der Waals surface area contributed by atoms with Crippen molar-refractivity contribution in [3.63, 3.8) is 0 Å². The normalized spacial score (nSPS) is 10.8. The summed E-state index contributed by atoms with van der Waals surface area (Å²) in [5.41, 5.74) is 4.40. The Bertz CT molecular complexity index is 1080. The lowest BCUT2D eigenvalue weighted by Crippen LogP contribution is -2.17. The standard InChI is InChI=1S/C24H22Cl2N2O4/c1-3-31-23-13-16(14-27-28-24(29)17-8-10-18(30-2)11-9-17)7-12-22(23)32-15-19-20(25)5-4-6-21(19)26/h4-14H,3,15H2,1-2H3,(H,28,29)/b27-14+. The predicted molar refractivity (Wildman–Crippen MR) is 126 cm³/mol. The minimum absolute atomic E-state index is 0.198. The van der Waals surface area contributed by atoms with Gasteiger partial charge in [0, 0.05) is 21.2 Å². The first-order valence-electron chi connectivity index (χ1n) is 9.81. The van der Waals surface area contributed by atoms with Crippen LogP contribution in [0.3, 0.4) is 0 Å². The molecule has 166 valence electrons. The number of nitrogens with one attached hydrogen (secondary N) is 1. The van der Waals surface area contributed by atoms with E-state index in [1.807, 2.05) is 6.92 Å². The van der Waals surface area contributed by atoms with Gasteiger partial charge in [-0.05, 0) is 67.1 Å². The summed E-state index contributed by atoms with van der Waals surface area (Å²) in [6.07, 6.45) is 1.53. The Hall–Kier alpha value is -3.22. The van der Waals surface area contributed by atoms with E-state index >= 15 is 0 Å². The van der Waals surface area contributed by atoms with Crippen LogP contribution in [0.5, 0.6) is 17.2 Å². The molecular formula is C24H22Cl2N2O4. The molecule has 0 fully saturated rings. The number of methoxy groups -OCH3 is 1. The lowest BCUT2D eigenvalue weighted by Gasteiger charge is -2.14. The lowest BCUT2D eigenvalue weighted by molar-refractivity contribution is 0.0955. The maximum absolute atomic E-state index is 12.2. The van der Waals surface area contributed by atoms with E-state index in [0.29, 0.717) is 45.0 Å². The number of rotatable bonds is 9. The first kappa shape index (κ1) is 23.4. The number of hydrazone groups is 1. The van der Waals surface area contributed by atoms with Crippen LogP contribution in [-0.2, 0) is 6.61 Å². The van der Waals surface area contributed by atoms with Gasteiger partial charge in [-0.15, -0.1) is 0 Å². The topological polar surface area (TPSA) is 69.2 Å². The molecule has 8 heteroatoms. The SMILES string of the molecule is CCOc1cc(/C=N/NC(=O)c2ccc(OC)cc2)ccc1OCc1c(Cl)cccc1Cl. The van der Waals surface area contributed by atoms with E-state index in [0.717, 1.165) is 5.56 Å². The Morgan fingerprint density at radius 3 is 2.38 bits per heavy atom. The smallest absolute Gasteiger partial charge is 0.271 e. The van der Waals surface area contributed by atoms with Gasteiger partial charge >= 0.3 is 0 Å². The highest BCUT2D eigenvalue weighted by molar-refractivity contribution is 6.35. The summed E-state index contributed by atoms with van der Waals surface area (Å²) in [4.78, 5) is 12.2. The summed E-state index contributed by atoms with van der Waals surface area (Å²) in [5, 5.41) is 5.09. The van der Waals surface area contributed by atoms with Crippen LogP contribution in [0.1, 0.15) is 28.4 Å². The molecular weight excluding hydrogens is 451 g/mol. The Labute approximate surface area is 196 Å². The average molecular weight is 473 g/mol. The van der Waals surface area contributed by atoms with Gasteiger partial charge in [0.1, 0.15) is 12.4 Å². The number of hydrogen-bond acceptors (Lipinski definition) is 5. The van der Waals surface area contributed by atoms with Crippen LogP contribution >= 0.6 is 23.2 Å². The Morgan fingerprint density at radius 1 is 1.00 bits per heavy atom. The Morgan fingerprint density at radius 2 is 1.72 bits per heavy atom. The van der Waals surface area contributed by atoms with Crippen LogP contribution in [0.15, 0.2) is 65.8 Å². The molecule has 0 saturated heterocycles. The highest BCUT2D eigenvalue weighted by Crippen LogP contribution is 2.31. The van der Waals surface area contributed by atoms with E-state index < -0.39 is 0 Å². The van der Waals surface area contributed by atoms with Crippen molar-refractivity contribution in [1.82, 2.24) is 5.43 Å². The minimum Gasteiger partial charge on any atom is -0.497 e. The second-order valence-corrected chi connectivity index (χ2v) is 7.37. The molecule has 0 heterocycles. The van der Waals surface area contributed by atoms with Crippen molar-refractivity contribution in [2.45, 2.75) is 13.5 Å². The van der Waals surface area contributed by atoms with E-state index in [-0.39, 0.29) is 12.5 Å². The molecule has 3 aromatic rings. The monoisotopic (exact) mass is 472 g/mol. The molecule has 0 atom stereocenters. The van der Waals surface area contributed by atoms with E-state index in [1.54, 1.807) is 67.8 Å². The summed E-state index contributed by atoms with van der Waals surface area (Å²) in [6, 6.07) is 17.4. The zero-order valence-electron chi connectivity index (χ0n) is 17.6. The first-order chi connectivity index (χ1) is 15.5. The van der Waals surface area contributed by atoms with Crippen molar-refractivity contribution in [2.75, 3.05) is 13.7 Å². The second kappa shape index (κ2) is 11.4. The maximum atomic E-state index is 12.2. The van der Waals surface area contributed by atoms with Crippen molar-refractivity contribution < 1.29 is 19.0 Å². The Kier molecular flexibility index (Phi) is 8.36. The second-order valence-electron chi connectivity index (χ2n) is 6.56. The van der Waals surface area contributed by atoms with Crippen molar-refractivity contribution in [3.8, 4) is 17.2 Å². The van der Waals surface area contributed by atoms with Gasteiger partial charge < -0.3 is 14.2 Å². The van der Waals surface area contributed by atoms with Gasteiger partial charge in [-0.3, -0.25) is 4.79 Å². The van der Waals surface area contributed by atoms with Gasteiger partial charge in [-0.25, -0.2) is 5.43 Å². The summed E-state index contributed by atoms with van der Waals surface area (Å²) < 4.78 is 16.7. The lowest BCUT2D eigenvalue weighted by atomic mass is 10.2. The van der Waals surface area contributed by atoms with E-state index in [4.69, 9.17) is 37.4 Å². The molecule has 0 aliphatic carbocycles. The van der Waals surface area contributed by atoms with E-state index in [1.165, 1.54) is 6.21 Å². The summed E-state index contributed by atoms with van der Waals surface area (Å²) in [5.74, 6) is 1.43. The molecule has 1 N–H and O–H groups in total. The number of carbonyl (C=O) groups is 1. The average Bonchev–Trinajstić information content (AvgIpc) is 2.80. The molecule has 1 amide bonds. The number of nitrogens with zero attached hydrogens (tertiary/aromatic N) is 1. The minimum atomic E-state index is -0.328. The van der Waals surface area contributed by atoms with Crippen molar-refractivity contribution in [3.05, 3.63) is 87.4 Å². The fourth-order valence-electron chi connectivity index (χ4n) is 2.79. The molecule has 6 nitrogen and oxygen atoms in total. The van der Waals surface area contributed by atoms with Crippen molar-refractivity contribution in [1.29, 1.82) is 0 Å². The van der Waals surface area contributed by atoms with E-state index in [9.17, 15) is 4.79 Å². The summed E-state index contributed by atoms with van der Waals surface area (Å²) >= 11 is 12.4. The molecule has 32 heavy (non-hydrogen) atoms. The first-order valence-corrected chi connectivity index (χ1v) is 10.6. The van der Waals surface area contributed by atoms with Crippen LogP contribution in [0.25, 0.3) is 0 Å². The molecule has 0 aromatic heterocycles. The van der Waals surface area contributed by atoms with Gasteiger partial charge in [0.2, 0.25) is 0 Å². The summed E-state index contributed by atoms with van der Waals surface area (Å²) in [7, 11) is 1.57. The van der Waals surface area contributed by atoms with Crippen LogP contribution < -0.4 is 19.6 Å². The van der Waals surface area contributed by atoms with Gasteiger partial charge in [-0.2, -0.15) is 5.10 Å². The number of halogens is 2. The molecule has 0 unspecified atom stereocenters. The third-order valence-electron chi connectivity index (χ3n) is 4.43. The molecule has 3 aromatic carbocycles. The molecule has 0 aliphatic rings. The quantitative estimate of drug-likeness (QED) is 0.318. The summed E-state index contributed by atoms with van der Waals surface area (Å²) in [6.45, 7) is 2.53. The number of carbonyl (C=O) groups excluding carboxylic acids is 1. The van der Waals surface area contributed by atoms with Gasteiger partial charge in [0.25, 0.3) is 5.91 Å². The largest absolute Gasteiger partial charge is 0.497 e. The van der Waals surface area contributed by atoms with Crippen molar-refractivity contribution in [2.24, 2.45) is 5.10 Å². The fourth-order valence-corrected chi connectivity index (χ4v) is 3.29. The predicted octanol–water partition coefficient (Wildman–Crippen LogP) is 5.74. The fraction of sp³-hybridized carbons (Fsp3) is 0.167. The van der Waals surface area contributed by atoms with Gasteiger partial charge in [0.15, 0.2) is 11.5 Å². The van der Waals surface area contributed by atoms with Crippen LogP contribution in [-0.4, -0.2) is 25.8 Å². The van der Waals surface area contributed by atoms with Gasteiger partial charge in [-0.1, -0.05) is 29.3 Å². The maximum Gasteiger partial charge on any atom is 0.271 e. The number of ether oxygens (including phenoxy) is 3. The highest BCUT2D eigenvalue weighted by atomic mass is 35.5. The third-order valence-corrected chi connectivity index (χ3v) is 5.14. The van der Waals surface area contributed by atoms with E-state index in [2.05, 4.69) is 10.5 Å². The highest BCUT2D eigenvalue weighted by Gasteiger charge is 2.10. The van der Waals surface area contributed by atoms with Crippen LogP contribution in [0, 0.1) is 0 Å². The molecule has 0 bridgehead atoms. The van der Waals surface area contributed by atoms with Crippen LogP contribution in [0.4, 0.5) is 0 Å². The molecule has 0 spiro atoms. The molecule has 0 radical (unpaired) electrons. The van der Waals surface area contributed by atoms with Crippen molar-refractivity contribution >= 4 is 35.3 Å². The number of hydrogen-bond donors (Lipinski definition) is 1. The van der Waals surface area contributed by atoms with Crippen LogP contribution in [0.2, 0.25) is 10.0 Å². The number of amides is 1. The zero-order chi connectivity index (χ0) is 22.9.